The maximum absolute atomic E-state index is 12.8. The molecule has 0 radical (unpaired) electrons. The first-order valence-corrected chi connectivity index (χ1v) is 11.8. The molecule has 3 aromatic carbocycles. The Morgan fingerprint density at radius 2 is 1.75 bits per heavy atom. The maximum atomic E-state index is 12.8. The molecule has 0 heterocycles. The molecule has 0 aliphatic rings. The van der Waals surface area contributed by atoms with Crippen LogP contribution < -0.4 is 9.47 Å². The topological polar surface area (TPSA) is 76.4 Å². The summed E-state index contributed by atoms with van der Waals surface area (Å²) in [6, 6.07) is 19.7. The highest BCUT2D eigenvalue weighted by Crippen LogP contribution is 2.32. The molecule has 0 unspecified atom stereocenters. The van der Waals surface area contributed by atoms with E-state index in [0.29, 0.717) is 33.7 Å². The van der Waals surface area contributed by atoms with Crippen LogP contribution >= 0.6 is 23.2 Å². The van der Waals surface area contributed by atoms with E-state index in [9.17, 15) is 13.7 Å². The molecule has 0 atom stereocenters. The fraction of sp³-hybridized carbons (Fsp3) is 0.125. The highest BCUT2D eigenvalue weighted by atomic mass is 35.5. The van der Waals surface area contributed by atoms with Gasteiger partial charge in [-0.3, -0.25) is 0 Å². The average molecular weight is 488 g/mol. The van der Waals surface area contributed by atoms with E-state index in [2.05, 4.69) is 0 Å². The van der Waals surface area contributed by atoms with Crippen LogP contribution in [0, 0.1) is 11.3 Å². The fourth-order valence-corrected chi connectivity index (χ4v) is 4.49. The third-order valence-electron chi connectivity index (χ3n) is 4.42. The van der Waals surface area contributed by atoms with Gasteiger partial charge in [0.25, 0.3) is 0 Å². The van der Waals surface area contributed by atoms with Gasteiger partial charge in [0.1, 0.15) is 17.6 Å². The summed E-state index contributed by atoms with van der Waals surface area (Å²) in [5.74, 6) is 0.875. The van der Waals surface area contributed by atoms with Gasteiger partial charge in [-0.2, -0.15) is 5.26 Å². The van der Waals surface area contributed by atoms with Crippen LogP contribution in [0.4, 0.5) is 0 Å². The molecule has 0 saturated heterocycles. The quantitative estimate of drug-likeness (QED) is 0.348. The number of benzene rings is 3. The number of hydrogen-bond acceptors (Lipinski definition) is 5. The van der Waals surface area contributed by atoms with Gasteiger partial charge in [0.15, 0.2) is 11.5 Å². The van der Waals surface area contributed by atoms with Crippen LogP contribution in [0.2, 0.25) is 10.0 Å². The minimum absolute atomic E-state index is 0.0534. The second-order valence-electron chi connectivity index (χ2n) is 6.60. The van der Waals surface area contributed by atoms with Crippen molar-refractivity contribution in [1.29, 1.82) is 5.26 Å². The van der Waals surface area contributed by atoms with Crippen molar-refractivity contribution in [1.82, 2.24) is 0 Å². The number of nitriles is 1. The lowest BCUT2D eigenvalue weighted by molar-refractivity contribution is 0.269. The van der Waals surface area contributed by atoms with Crippen LogP contribution in [0.5, 0.6) is 11.5 Å². The molecule has 164 valence electrons. The molecular weight excluding hydrogens is 469 g/mol. The zero-order chi connectivity index (χ0) is 23.1. The number of hydrogen-bond donors (Lipinski definition) is 0. The fourth-order valence-electron chi connectivity index (χ4n) is 2.84. The van der Waals surface area contributed by atoms with Crippen LogP contribution in [0.3, 0.4) is 0 Å². The molecule has 8 heteroatoms. The third-order valence-corrected chi connectivity index (χ3v) is 6.68. The Kier molecular flexibility index (Phi) is 7.81. The minimum Gasteiger partial charge on any atom is -0.490 e. The van der Waals surface area contributed by atoms with Gasteiger partial charge in [0, 0.05) is 15.6 Å². The van der Waals surface area contributed by atoms with E-state index in [4.69, 9.17) is 32.7 Å². The Balaban J connectivity index is 1.90. The molecule has 0 saturated carbocycles. The highest BCUT2D eigenvalue weighted by molar-refractivity contribution is 7.95. The van der Waals surface area contributed by atoms with Crippen molar-refractivity contribution in [3.8, 4) is 17.6 Å². The SMILES string of the molecule is CCOc1cc(C=C(C#N)S(=O)(=O)c2ccccc2)ccc1OCc1ccc(Cl)cc1Cl. The number of ether oxygens (including phenoxy) is 2. The Hall–Kier alpha value is -2.98. The number of allylic oxidation sites excluding steroid dienone is 1. The zero-order valence-corrected chi connectivity index (χ0v) is 19.4. The molecule has 0 aliphatic heterocycles. The number of sulfone groups is 1. The van der Waals surface area contributed by atoms with Crippen molar-refractivity contribution in [3.63, 3.8) is 0 Å². The second kappa shape index (κ2) is 10.6. The molecular formula is C24H19Cl2NO4S. The van der Waals surface area contributed by atoms with Gasteiger partial charge in [-0.05, 0) is 55.0 Å². The molecule has 3 aromatic rings. The summed E-state index contributed by atoms with van der Waals surface area (Å²) < 4.78 is 37.1. The molecule has 0 spiro atoms. The van der Waals surface area contributed by atoms with Gasteiger partial charge in [0.2, 0.25) is 9.84 Å². The van der Waals surface area contributed by atoms with Crippen LogP contribution in [-0.4, -0.2) is 15.0 Å². The van der Waals surface area contributed by atoms with Gasteiger partial charge < -0.3 is 9.47 Å². The molecule has 0 N–H and O–H groups in total. The molecule has 5 nitrogen and oxygen atoms in total. The summed E-state index contributed by atoms with van der Waals surface area (Å²) in [7, 11) is -3.94. The van der Waals surface area contributed by atoms with Gasteiger partial charge >= 0.3 is 0 Å². The standard InChI is InChI=1S/C24H19Cl2NO4S/c1-2-30-24-13-17(12-21(15-27)32(28,29)20-6-4-3-5-7-20)8-11-23(24)31-16-18-9-10-19(25)14-22(18)26/h3-14H,2,16H2,1H3. The van der Waals surface area contributed by atoms with E-state index in [1.54, 1.807) is 60.7 Å². The first-order valence-electron chi connectivity index (χ1n) is 9.60. The Bertz CT molecular complexity index is 1280. The largest absolute Gasteiger partial charge is 0.490 e. The van der Waals surface area contributed by atoms with Crippen molar-refractivity contribution < 1.29 is 17.9 Å². The van der Waals surface area contributed by atoms with Crippen LogP contribution in [0.25, 0.3) is 6.08 Å². The van der Waals surface area contributed by atoms with E-state index in [1.807, 2.05) is 6.92 Å². The van der Waals surface area contributed by atoms with E-state index < -0.39 is 9.84 Å². The van der Waals surface area contributed by atoms with Crippen LogP contribution in [0.15, 0.2) is 76.5 Å². The summed E-state index contributed by atoms with van der Waals surface area (Å²) in [5, 5.41) is 10.5. The lowest BCUT2D eigenvalue weighted by Gasteiger charge is -2.13. The summed E-state index contributed by atoms with van der Waals surface area (Å²) in [6.45, 7) is 2.39. The molecule has 0 bridgehead atoms. The molecule has 0 amide bonds. The zero-order valence-electron chi connectivity index (χ0n) is 17.1. The monoisotopic (exact) mass is 487 g/mol. The van der Waals surface area contributed by atoms with Crippen molar-refractivity contribution in [2.75, 3.05) is 6.61 Å². The molecule has 32 heavy (non-hydrogen) atoms. The van der Waals surface area contributed by atoms with Gasteiger partial charge in [-0.15, -0.1) is 0 Å². The van der Waals surface area contributed by atoms with Crippen molar-refractivity contribution in [2.45, 2.75) is 18.4 Å². The Labute approximate surface area is 197 Å². The molecule has 0 aromatic heterocycles. The second-order valence-corrected chi connectivity index (χ2v) is 9.36. The van der Waals surface area contributed by atoms with Gasteiger partial charge in [-0.1, -0.05) is 53.5 Å². The lowest BCUT2D eigenvalue weighted by Crippen LogP contribution is -2.03. The van der Waals surface area contributed by atoms with Crippen molar-refractivity contribution in [3.05, 3.63) is 92.8 Å². The number of rotatable bonds is 8. The van der Waals surface area contributed by atoms with Gasteiger partial charge in [0.05, 0.1) is 11.5 Å². The first-order chi connectivity index (χ1) is 15.3. The smallest absolute Gasteiger partial charge is 0.216 e. The predicted octanol–water partition coefficient (Wildman–Crippen LogP) is 6.31. The normalized spacial score (nSPS) is 11.6. The summed E-state index contributed by atoms with van der Waals surface area (Å²) in [4.78, 5) is -0.314. The lowest BCUT2D eigenvalue weighted by atomic mass is 10.2. The number of nitrogens with zero attached hydrogens (tertiary/aromatic N) is 1. The van der Waals surface area contributed by atoms with E-state index in [-0.39, 0.29) is 16.4 Å². The highest BCUT2D eigenvalue weighted by Gasteiger charge is 2.20. The summed E-state index contributed by atoms with van der Waals surface area (Å²) in [6.07, 6.45) is 1.31. The van der Waals surface area contributed by atoms with Crippen molar-refractivity contribution in [2.24, 2.45) is 0 Å². The Morgan fingerprint density at radius 1 is 1.00 bits per heavy atom. The molecule has 0 fully saturated rings. The summed E-state index contributed by atoms with van der Waals surface area (Å²) in [5.41, 5.74) is 1.24. The number of halogens is 2. The van der Waals surface area contributed by atoms with E-state index in [1.165, 1.54) is 18.2 Å². The van der Waals surface area contributed by atoms with Crippen LogP contribution in [-0.2, 0) is 16.4 Å². The summed E-state index contributed by atoms with van der Waals surface area (Å²) >= 11 is 12.1. The maximum Gasteiger partial charge on any atom is 0.216 e. The Morgan fingerprint density at radius 3 is 2.41 bits per heavy atom. The van der Waals surface area contributed by atoms with E-state index in [0.717, 1.165) is 5.56 Å². The minimum atomic E-state index is -3.94. The average Bonchev–Trinajstić information content (AvgIpc) is 2.78. The third kappa shape index (κ3) is 5.63. The molecule has 0 aliphatic carbocycles. The molecule has 3 rings (SSSR count). The van der Waals surface area contributed by atoms with Crippen molar-refractivity contribution >= 4 is 39.1 Å². The predicted molar refractivity (Wildman–Crippen MR) is 126 cm³/mol. The van der Waals surface area contributed by atoms with Gasteiger partial charge in [-0.25, -0.2) is 8.42 Å². The van der Waals surface area contributed by atoms with Crippen LogP contribution in [0.1, 0.15) is 18.1 Å². The first kappa shape index (κ1) is 23.7. The van der Waals surface area contributed by atoms with E-state index >= 15 is 0 Å².